The highest BCUT2D eigenvalue weighted by atomic mass is 127. The van der Waals surface area contributed by atoms with Crippen LogP contribution in [0, 0.1) is 18.8 Å². The van der Waals surface area contributed by atoms with Crippen molar-refractivity contribution in [2.75, 3.05) is 19.6 Å². The number of hydrogen-bond acceptors (Lipinski definition) is 3. The number of aromatic nitrogens is 1. The molecule has 6 heteroatoms. The number of rotatable bonds is 5. The van der Waals surface area contributed by atoms with E-state index >= 15 is 0 Å². The second kappa shape index (κ2) is 9.70. The summed E-state index contributed by atoms with van der Waals surface area (Å²) >= 11 is 1.73. The molecule has 0 spiro atoms. The second-order valence-electron chi connectivity index (χ2n) is 6.27. The van der Waals surface area contributed by atoms with Gasteiger partial charge < -0.3 is 10.2 Å². The predicted molar refractivity (Wildman–Crippen MR) is 106 cm³/mol. The van der Waals surface area contributed by atoms with Crippen LogP contribution in [0.3, 0.4) is 0 Å². The summed E-state index contributed by atoms with van der Waals surface area (Å²) in [5, 5.41) is 4.53. The van der Waals surface area contributed by atoms with Crippen molar-refractivity contribution in [2.24, 2.45) is 16.8 Å². The molecule has 0 amide bonds. The fraction of sp³-hybridized carbons (Fsp3) is 0.750. The zero-order chi connectivity index (χ0) is 15.2. The third-order valence-corrected chi connectivity index (χ3v) is 4.66. The van der Waals surface area contributed by atoms with Crippen molar-refractivity contribution >= 4 is 41.3 Å². The number of guanidine groups is 1. The van der Waals surface area contributed by atoms with E-state index in [4.69, 9.17) is 4.99 Å². The number of hydrogen-bond donors (Lipinski definition) is 1. The van der Waals surface area contributed by atoms with Crippen LogP contribution in [0.2, 0.25) is 0 Å². The highest BCUT2D eigenvalue weighted by Crippen LogP contribution is 2.23. The summed E-state index contributed by atoms with van der Waals surface area (Å²) < 4.78 is 0. The first kappa shape index (κ1) is 19.7. The number of thiazole rings is 1. The standard InChI is InChI=1S/C16H28N4S.HI/c1-5-17-16(19-10-15-18-9-13(4)21-15)20-7-6-14(11-20)8-12(2)3;/h9,12,14H,5-8,10-11H2,1-4H3,(H,17,19);1H. The number of nitrogens with one attached hydrogen (secondary N) is 1. The number of nitrogens with zero attached hydrogens (tertiary/aromatic N) is 3. The molecule has 0 aromatic carbocycles. The normalized spacial score (nSPS) is 18.7. The molecule has 22 heavy (non-hydrogen) atoms. The highest BCUT2D eigenvalue weighted by Gasteiger charge is 2.25. The molecular formula is C16H29IN4S. The van der Waals surface area contributed by atoms with E-state index in [-0.39, 0.29) is 24.0 Å². The van der Waals surface area contributed by atoms with Crippen LogP contribution in [0.5, 0.6) is 0 Å². The molecule has 0 bridgehead atoms. The first-order valence-corrected chi connectivity index (χ1v) is 8.84. The van der Waals surface area contributed by atoms with Gasteiger partial charge in [0.1, 0.15) is 5.01 Å². The lowest BCUT2D eigenvalue weighted by molar-refractivity contribution is 0.403. The van der Waals surface area contributed by atoms with E-state index in [2.05, 4.69) is 42.9 Å². The maximum absolute atomic E-state index is 4.77. The Morgan fingerprint density at radius 2 is 2.32 bits per heavy atom. The quantitative estimate of drug-likeness (QED) is 0.433. The Morgan fingerprint density at radius 1 is 1.55 bits per heavy atom. The summed E-state index contributed by atoms with van der Waals surface area (Å²) in [4.78, 5) is 12.8. The van der Waals surface area contributed by atoms with Gasteiger partial charge in [-0.05, 0) is 38.5 Å². The topological polar surface area (TPSA) is 40.5 Å². The van der Waals surface area contributed by atoms with Crippen LogP contribution in [-0.2, 0) is 6.54 Å². The molecule has 1 aromatic rings. The molecule has 2 rings (SSSR count). The van der Waals surface area contributed by atoms with Crippen LogP contribution in [0.25, 0.3) is 0 Å². The maximum atomic E-state index is 4.77. The maximum Gasteiger partial charge on any atom is 0.194 e. The zero-order valence-corrected chi connectivity index (χ0v) is 17.3. The number of likely N-dealkylation sites (tertiary alicyclic amines) is 1. The molecule has 1 atom stereocenters. The fourth-order valence-electron chi connectivity index (χ4n) is 2.93. The van der Waals surface area contributed by atoms with Crippen LogP contribution in [0.4, 0.5) is 0 Å². The van der Waals surface area contributed by atoms with Gasteiger partial charge in [-0.2, -0.15) is 0 Å². The van der Waals surface area contributed by atoms with Gasteiger partial charge in [-0.25, -0.2) is 9.98 Å². The zero-order valence-electron chi connectivity index (χ0n) is 14.1. The summed E-state index contributed by atoms with van der Waals surface area (Å²) in [6.45, 7) is 12.7. The van der Waals surface area contributed by atoms with Gasteiger partial charge in [0.15, 0.2) is 5.96 Å². The van der Waals surface area contributed by atoms with Crippen molar-refractivity contribution in [1.82, 2.24) is 15.2 Å². The predicted octanol–water partition coefficient (Wildman–Crippen LogP) is 3.90. The van der Waals surface area contributed by atoms with Crippen LogP contribution in [0.1, 0.15) is 43.5 Å². The fourth-order valence-corrected chi connectivity index (χ4v) is 3.64. The van der Waals surface area contributed by atoms with Crippen LogP contribution in [0.15, 0.2) is 11.2 Å². The minimum atomic E-state index is 0. The summed E-state index contributed by atoms with van der Waals surface area (Å²) in [5.74, 6) is 2.65. The second-order valence-corrected chi connectivity index (χ2v) is 7.58. The van der Waals surface area contributed by atoms with Crippen molar-refractivity contribution in [3.63, 3.8) is 0 Å². The van der Waals surface area contributed by atoms with E-state index in [1.807, 2.05) is 6.20 Å². The molecule has 1 saturated heterocycles. The number of aryl methyl sites for hydroxylation is 1. The van der Waals surface area contributed by atoms with Gasteiger partial charge in [0.2, 0.25) is 0 Å². The Morgan fingerprint density at radius 3 is 2.91 bits per heavy atom. The average molecular weight is 436 g/mol. The van der Waals surface area contributed by atoms with Crippen molar-refractivity contribution < 1.29 is 0 Å². The van der Waals surface area contributed by atoms with Gasteiger partial charge in [0, 0.05) is 30.7 Å². The van der Waals surface area contributed by atoms with Gasteiger partial charge in [-0.3, -0.25) is 0 Å². The molecule has 1 N–H and O–H groups in total. The first-order chi connectivity index (χ1) is 10.1. The first-order valence-electron chi connectivity index (χ1n) is 8.03. The van der Waals surface area contributed by atoms with Gasteiger partial charge in [0.25, 0.3) is 0 Å². The van der Waals surface area contributed by atoms with Crippen molar-refractivity contribution in [3.05, 3.63) is 16.1 Å². The monoisotopic (exact) mass is 436 g/mol. The van der Waals surface area contributed by atoms with E-state index in [0.29, 0.717) is 6.54 Å². The molecule has 0 aliphatic carbocycles. The Labute approximate surface area is 155 Å². The van der Waals surface area contributed by atoms with E-state index in [1.54, 1.807) is 11.3 Å². The molecule has 1 aliphatic heterocycles. The summed E-state index contributed by atoms with van der Waals surface area (Å²) in [6, 6.07) is 0. The van der Waals surface area contributed by atoms with E-state index in [0.717, 1.165) is 42.4 Å². The van der Waals surface area contributed by atoms with Crippen LogP contribution in [-0.4, -0.2) is 35.5 Å². The molecule has 0 saturated carbocycles. The van der Waals surface area contributed by atoms with Crippen LogP contribution >= 0.6 is 35.3 Å². The third kappa shape index (κ3) is 6.02. The molecular weight excluding hydrogens is 407 g/mol. The van der Waals surface area contributed by atoms with E-state index in [9.17, 15) is 0 Å². The largest absolute Gasteiger partial charge is 0.357 e. The summed E-state index contributed by atoms with van der Waals surface area (Å²) in [5.41, 5.74) is 0. The SMILES string of the molecule is CCNC(=NCc1ncc(C)s1)N1CCC(CC(C)C)C1.I. The molecule has 126 valence electrons. The molecule has 1 unspecified atom stereocenters. The van der Waals surface area contributed by atoms with Gasteiger partial charge in [-0.15, -0.1) is 35.3 Å². The van der Waals surface area contributed by atoms with E-state index < -0.39 is 0 Å². The molecule has 1 aliphatic rings. The van der Waals surface area contributed by atoms with Crippen LogP contribution < -0.4 is 5.32 Å². The number of aliphatic imine (C=N–C) groups is 1. The lowest BCUT2D eigenvalue weighted by atomic mass is 9.97. The molecule has 2 heterocycles. The van der Waals surface area contributed by atoms with Gasteiger partial charge in [0.05, 0.1) is 6.54 Å². The lowest BCUT2D eigenvalue weighted by Gasteiger charge is -2.22. The third-order valence-electron chi connectivity index (χ3n) is 3.76. The lowest BCUT2D eigenvalue weighted by Crippen LogP contribution is -2.40. The number of halogens is 1. The Kier molecular flexibility index (Phi) is 8.67. The molecule has 1 fully saturated rings. The Balaban J connectivity index is 0.00000242. The summed E-state index contributed by atoms with van der Waals surface area (Å²) in [7, 11) is 0. The Hall–Kier alpha value is -0.370. The molecule has 4 nitrogen and oxygen atoms in total. The van der Waals surface area contributed by atoms with Gasteiger partial charge in [-0.1, -0.05) is 13.8 Å². The van der Waals surface area contributed by atoms with Crippen molar-refractivity contribution in [2.45, 2.75) is 47.1 Å². The van der Waals surface area contributed by atoms with E-state index in [1.165, 1.54) is 17.7 Å². The minimum Gasteiger partial charge on any atom is -0.357 e. The van der Waals surface area contributed by atoms with Crippen molar-refractivity contribution in [3.8, 4) is 0 Å². The summed E-state index contributed by atoms with van der Waals surface area (Å²) in [6.07, 6.45) is 4.54. The van der Waals surface area contributed by atoms with Crippen molar-refractivity contribution in [1.29, 1.82) is 0 Å². The average Bonchev–Trinajstić information content (AvgIpc) is 3.03. The molecule has 0 radical (unpaired) electrons. The highest BCUT2D eigenvalue weighted by molar-refractivity contribution is 14.0. The van der Waals surface area contributed by atoms with Gasteiger partial charge >= 0.3 is 0 Å². The molecule has 1 aromatic heterocycles. The minimum absolute atomic E-state index is 0. The smallest absolute Gasteiger partial charge is 0.194 e. The Bertz CT molecular complexity index is 472.